The van der Waals surface area contributed by atoms with E-state index in [0.717, 1.165) is 0 Å². The van der Waals surface area contributed by atoms with Crippen LogP contribution in [0.3, 0.4) is 0 Å². The van der Waals surface area contributed by atoms with Gasteiger partial charge in [0.05, 0.1) is 0 Å². The molecule has 2 heteroatoms. The van der Waals surface area contributed by atoms with E-state index < -0.39 is 0 Å². The van der Waals surface area contributed by atoms with Crippen LogP contribution in [0.2, 0.25) is 0 Å². The Morgan fingerprint density at radius 3 is 1.32 bits per heavy atom. The van der Waals surface area contributed by atoms with Gasteiger partial charge in [-0.1, -0.05) is 40.0 Å². The monoisotopic (exact) mass is 330 g/mol. The molecule has 0 N–H and O–H groups in total. The third-order valence-corrected chi connectivity index (χ3v) is 5.89. The zero-order valence-corrected chi connectivity index (χ0v) is 14.8. The molecule has 0 spiro atoms. The van der Waals surface area contributed by atoms with Crippen molar-refractivity contribution < 1.29 is 17.1 Å². The van der Waals surface area contributed by atoms with Crippen molar-refractivity contribution in [2.24, 2.45) is 0 Å². The van der Waals surface area contributed by atoms with E-state index in [1.807, 2.05) is 30.3 Å². The molecule has 116 valence electrons. The minimum Gasteiger partial charge on any atom is -0.214 e. The topological polar surface area (TPSA) is 0 Å². The van der Waals surface area contributed by atoms with Gasteiger partial charge in [-0.25, -0.2) is 12.1 Å². The van der Waals surface area contributed by atoms with Gasteiger partial charge in [0.2, 0.25) is 0 Å². The molecule has 19 heavy (non-hydrogen) atoms. The summed E-state index contributed by atoms with van der Waals surface area (Å²) >= 11 is 0. The van der Waals surface area contributed by atoms with E-state index in [-0.39, 0.29) is 17.1 Å². The first-order valence-corrected chi connectivity index (χ1v) is 9.63. The maximum atomic E-state index is 2.31. The molecule has 1 aromatic carbocycles. The molecule has 1 aromatic rings. The van der Waals surface area contributed by atoms with Crippen molar-refractivity contribution >= 4 is 7.92 Å². The van der Waals surface area contributed by atoms with Crippen molar-refractivity contribution in [3.63, 3.8) is 0 Å². The van der Waals surface area contributed by atoms with Crippen LogP contribution >= 0.6 is 7.92 Å². The smallest absolute Gasteiger partial charge is 0.214 e. The van der Waals surface area contributed by atoms with E-state index in [2.05, 4.69) is 20.8 Å². The second-order valence-corrected chi connectivity index (χ2v) is 7.55. The molecule has 0 radical (unpaired) electrons. The first-order chi connectivity index (χ1) is 8.85. The van der Waals surface area contributed by atoms with Gasteiger partial charge in [0, 0.05) is 0 Å². The van der Waals surface area contributed by atoms with Crippen LogP contribution in [0.15, 0.2) is 30.3 Å². The largest absolute Gasteiger partial charge is 1.00 e. The van der Waals surface area contributed by atoms with Crippen molar-refractivity contribution in [1.29, 1.82) is 0 Å². The number of hydrogen-bond acceptors (Lipinski definition) is 0. The Bertz CT molecular complexity index is 185. The van der Waals surface area contributed by atoms with Gasteiger partial charge < -0.3 is 0 Å². The summed E-state index contributed by atoms with van der Waals surface area (Å²) in [6.45, 7) is 6.94. The van der Waals surface area contributed by atoms with Crippen LogP contribution < -0.4 is 0 Å². The molecular formula is C17H32CuP. The molecule has 0 fully saturated rings. The van der Waals surface area contributed by atoms with Gasteiger partial charge in [-0.2, -0.15) is 18.2 Å². The third-order valence-electron chi connectivity index (χ3n) is 3.04. The predicted molar refractivity (Wildman–Crippen MR) is 88.3 cm³/mol. The average Bonchev–Trinajstić information content (AvgIpc) is 2.97. The molecule has 1 rings (SSSR count). The Labute approximate surface area is 133 Å². The molecule has 0 saturated carbocycles. The van der Waals surface area contributed by atoms with Gasteiger partial charge in [0.25, 0.3) is 0 Å². The van der Waals surface area contributed by atoms with Crippen LogP contribution in [0.4, 0.5) is 0 Å². The van der Waals surface area contributed by atoms with Crippen LogP contribution in [0.1, 0.15) is 59.3 Å². The molecule has 0 unspecified atom stereocenters. The molecule has 0 aromatic heterocycles. The van der Waals surface area contributed by atoms with Crippen LogP contribution in [0.25, 0.3) is 0 Å². The summed E-state index contributed by atoms with van der Waals surface area (Å²) in [6.07, 6.45) is 13.2. The predicted octanol–water partition coefficient (Wildman–Crippen LogP) is 6.27. The Balaban J connectivity index is 0. The maximum Gasteiger partial charge on any atom is 1.00 e. The van der Waals surface area contributed by atoms with Gasteiger partial charge in [-0.15, -0.1) is 7.92 Å². The fourth-order valence-electron chi connectivity index (χ4n) is 1.80. The third kappa shape index (κ3) is 16.2. The normalized spacial score (nSPS) is 9.68. The summed E-state index contributed by atoms with van der Waals surface area (Å²) in [5, 5.41) is 0. The van der Waals surface area contributed by atoms with Gasteiger partial charge in [0.15, 0.2) is 0 Å². The van der Waals surface area contributed by atoms with E-state index in [0.29, 0.717) is 7.92 Å². The van der Waals surface area contributed by atoms with Gasteiger partial charge in [-0.3, -0.25) is 0 Å². The van der Waals surface area contributed by atoms with Crippen LogP contribution in [-0.4, -0.2) is 18.5 Å². The van der Waals surface area contributed by atoms with Crippen LogP contribution in [0, 0.1) is 0 Å². The molecular weight excluding hydrogens is 299 g/mol. The first kappa shape index (κ1) is 21.6. The minimum atomic E-state index is 0. The summed E-state index contributed by atoms with van der Waals surface area (Å²) in [6, 6.07) is 10.0. The summed E-state index contributed by atoms with van der Waals surface area (Å²) in [4.78, 5) is 0. The molecule has 0 bridgehead atoms. The molecule has 0 heterocycles. The number of rotatable bonds is 9. The molecule has 0 aliphatic carbocycles. The summed E-state index contributed by atoms with van der Waals surface area (Å²) in [5.41, 5.74) is 0. The fourth-order valence-corrected chi connectivity index (χ4v) is 4.76. The van der Waals surface area contributed by atoms with Crippen molar-refractivity contribution in [3.8, 4) is 0 Å². The van der Waals surface area contributed by atoms with Crippen molar-refractivity contribution in [1.82, 2.24) is 0 Å². The number of unbranched alkanes of at least 4 members (excludes halogenated alkanes) is 3. The molecule has 0 aliphatic rings. The van der Waals surface area contributed by atoms with Crippen molar-refractivity contribution in [2.75, 3.05) is 18.5 Å². The first-order valence-electron chi connectivity index (χ1n) is 7.74. The van der Waals surface area contributed by atoms with Crippen molar-refractivity contribution in [3.05, 3.63) is 30.3 Å². The van der Waals surface area contributed by atoms with E-state index >= 15 is 0 Å². The summed E-state index contributed by atoms with van der Waals surface area (Å²) < 4.78 is 0. The average molecular weight is 331 g/mol. The van der Waals surface area contributed by atoms with Crippen molar-refractivity contribution in [2.45, 2.75) is 59.3 Å². The van der Waals surface area contributed by atoms with Gasteiger partial charge in [-0.05, 0) is 37.7 Å². The summed E-state index contributed by atoms with van der Waals surface area (Å²) in [7, 11) is 0.422. The van der Waals surface area contributed by atoms with E-state index in [4.69, 9.17) is 0 Å². The quantitative estimate of drug-likeness (QED) is 0.284. The standard InChI is InChI=1S/C12H27P.C5H5.Cu/c1-4-7-10-13(11-8-5-2)12-9-6-3;1-2-4-5-3-1;/h4-12H2,1-3H3;1-5H;/q;-1;+1. The maximum absolute atomic E-state index is 2.31. The second-order valence-electron chi connectivity index (χ2n) is 4.86. The zero-order valence-electron chi connectivity index (χ0n) is 13.0. The minimum absolute atomic E-state index is 0. The number of hydrogen-bond donors (Lipinski definition) is 0. The molecule has 0 amide bonds. The Morgan fingerprint density at radius 2 is 1.11 bits per heavy atom. The summed E-state index contributed by atoms with van der Waals surface area (Å²) in [5.74, 6) is 0. The molecule has 0 nitrogen and oxygen atoms in total. The van der Waals surface area contributed by atoms with Crippen LogP contribution in [0.5, 0.6) is 0 Å². The SMILES string of the molecule is CCCCP(CCCC)CCCC.[Cu+].c1cc[cH-]c1. The Morgan fingerprint density at radius 1 is 0.737 bits per heavy atom. The molecule has 0 atom stereocenters. The second kappa shape index (κ2) is 18.3. The van der Waals surface area contributed by atoms with Gasteiger partial charge >= 0.3 is 17.1 Å². The Hall–Kier alpha value is 0.299. The zero-order chi connectivity index (χ0) is 13.5. The van der Waals surface area contributed by atoms with E-state index in [1.54, 1.807) is 18.5 Å². The molecule has 0 aliphatic heterocycles. The van der Waals surface area contributed by atoms with Crippen LogP contribution in [-0.2, 0) is 17.1 Å². The Kier molecular flexibility index (Phi) is 20.8. The van der Waals surface area contributed by atoms with E-state index in [9.17, 15) is 0 Å². The fraction of sp³-hybridized carbons (Fsp3) is 0.706. The van der Waals surface area contributed by atoms with Gasteiger partial charge in [0.1, 0.15) is 0 Å². The van der Waals surface area contributed by atoms with E-state index in [1.165, 1.54) is 38.5 Å². The molecule has 0 saturated heterocycles.